The highest BCUT2D eigenvalue weighted by Crippen LogP contribution is 2.38. The Labute approximate surface area is 298 Å². The molecule has 1 aromatic carbocycles. The minimum absolute atomic E-state index is 0.117. The highest BCUT2D eigenvalue weighted by molar-refractivity contribution is 6.30. The Bertz CT molecular complexity index is 1780. The van der Waals surface area contributed by atoms with Crippen LogP contribution in [-0.2, 0) is 35.5 Å². The number of carbonyl (C=O) groups is 2. The molecule has 11 nitrogen and oxygen atoms in total. The largest absolute Gasteiger partial charge is 0.446 e. The van der Waals surface area contributed by atoms with Crippen LogP contribution in [0, 0.1) is 6.92 Å². The minimum atomic E-state index is -0.766. The number of pyridine rings is 1. The molecule has 4 heterocycles. The number of aryl methyl sites for hydroxylation is 4. The van der Waals surface area contributed by atoms with Crippen LogP contribution in [0.3, 0.4) is 0 Å². The molecule has 0 spiro atoms. The number of nitrogens with zero attached hydrogens (tertiary/aromatic N) is 8. The van der Waals surface area contributed by atoms with Gasteiger partial charge in [-0.15, -0.1) is 0 Å². The van der Waals surface area contributed by atoms with E-state index in [1.807, 2.05) is 47.2 Å². The fourth-order valence-corrected chi connectivity index (χ4v) is 7.93. The van der Waals surface area contributed by atoms with Gasteiger partial charge in [0.15, 0.2) is 0 Å². The number of amides is 2. The van der Waals surface area contributed by atoms with Crippen molar-refractivity contribution in [2.24, 2.45) is 0 Å². The van der Waals surface area contributed by atoms with Gasteiger partial charge in [-0.2, -0.15) is 0 Å². The molecule has 1 aliphatic heterocycles. The maximum absolute atomic E-state index is 14.9. The Morgan fingerprint density at radius 2 is 1.86 bits per heavy atom. The Kier molecular flexibility index (Phi) is 10.7. The highest BCUT2D eigenvalue weighted by Gasteiger charge is 2.43. The third-order valence-electron chi connectivity index (χ3n) is 10.3. The number of imidazole rings is 1. The minimum Gasteiger partial charge on any atom is -0.446 e. The maximum Gasteiger partial charge on any atom is 0.410 e. The number of hydrogen-bond acceptors (Lipinski definition) is 8. The summed E-state index contributed by atoms with van der Waals surface area (Å²) in [5.41, 5.74) is 6.14. The van der Waals surface area contributed by atoms with Gasteiger partial charge in [-0.3, -0.25) is 29.5 Å². The van der Waals surface area contributed by atoms with E-state index in [1.165, 1.54) is 11.1 Å². The highest BCUT2D eigenvalue weighted by atomic mass is 35.5. The zero-order valence-corrected chi connectivity index (χ0v) is 29.4. The van der Waals surface area contributed by atoms with E-state index in [-0.39, 0.29) is 24.6 Å². The fourth-order valence-electron chi connectivity index (χ4n) is 7.74. The van der Waals surface area contributed by atoms with Crippen LogP contribution < -0.4 is 0 Å². The Morgan fingerprint density at radius 3 is 2.66 bits per heavy atom. The molecule has 2 fully saturated rings. The molecule has 2 atom stereocenters. The molecule has 3 aliphatic rings. The first kappa shape index (κ1) is 34.1. The molecule has 0 radical (unpaired) electrons. The number of ether oxygens (including phenoxy) is 1. The lowest BCUT2D eigenvalue weighted by Crippen LogP contribution is -2.62. The molecule has 0 bridgehead atoms. The van der Waals surface area contributed by atoms with Crippen molar-refractivity contribution < 1.29 is 14.3 Å². The normalized spacial score (nSPS) is 19.7. The summed E-state index contributed by atoms with van der Waals surface area (Å²) < 4.78 is 8.15. The molecule has 3 aromatic heterocycles. The zero-order chi connectivity index (χ0) is 34.5. The van der Waals surface area contributed by atoms with Gasteiger partial charge in [-0.05, 0) is 86.8 Å². The molecule has 2 amide bonds. The Hall–Kier alpha value is -4.35. The molecule has 7 rings (SSSR count). The summed E-state index contributed by atoms with van der Waals surface area (Å²) in [6.45, 7) is 4.69. The molecule has 4 aromatic rings. The summed E-state index contributed by atoms with van der Waals surface area (Å²) in [6, 6.07) is 9.27. The van der Waals surface area contributed by atoms with Crippen molar-refractivity contribution in [2.45, 2.75) is 89.6 Å². The second-order valence-electron chi connectivity index (χ2n) is 13.7. The Balaban J connectivity index is 1.21. The van der Waals surface area contributed by atoms with Crippen LogP contribution in [0.15, 0.2) is 67.6 Å². The summed E-state index contributed by atoms with van der Waals surface area (Å²) in [5.74, 6) is -0.131. The smallest absolute Gasteiger partial charge is 0.410 e. The second kappa shape index (κ2) is 15.7. The van der Waals surface area contributed by atoms with Crippen molar-refractivity contribution in [1.82, 2.24) is 39.2 Å². The predicted octanol–water partition coefficient (Wildman–Crippen LogP) is 5.79. The lowest BCUT2D eigenvalue weighted by Gasteiger charge is -2.45. The topological polar surface area (TPSA) is 110 Å². The van der Waals surface area contributed by atoms with Crippen LogP contribution in [0.5, 0.6) is 0 Å². The molecule has 262 valence electrons. The van der Waals surface area contributed by atoms with Crippen LogP contribution in [0.25, 0.3) is 0 Å². The third-order valence-corrected chi connectivity index (χ3v) is 10.5. The number of hydrogen-bond donors (Lipinski definition) is 0. The lowest BCUT2D eigenvalue weighted by molar-refractivity contribution is -0.140. The summed E-state index contributed by atoms with van der Waals surface area (Å²) in [7, 11) is 0. The van der Waals surface area contributed by atoms with Gasteiger partial charge in [0.2, 0.25) is 5.91 Å². The van der Waals surface area contributed by atoms with Gasteiger partial charge in [-0.1, -0.05) is 30.2 Å². The van der Waals surface area contributed by atoms with Crippen molar-refractivity contribution in [3.63, 3.8) is 0 Å². The van der Waals surface area contributed by atoms with Crippen LogP contribution >= 0.6 is 11.6 Å². The second-order valence-corrected chi connectivity index (χ2v) is 14.1. The maximum atomic E-state index is 14.9. The van der Waals surface area contributed by atoms with Crippen molar-refractivity contribution in [3.05, 3.63) is 106 Å². The van der Waals surface area contributed by atoms with Crippen molar-refractivity contribution in [1.29, 1.82) is 0 Å². The van der Waals surface area contributed by atoms with Crippen LogP contribution in [-0.4, -0.2) is 89.5 Å². The van der Waals surface area contributed by atoms with Crippen LogP contribution in [0.4, 0.5) is 4.79 Å². The van der Waals surface area contributed by atoms with E-state index in [9.17, 15) is 9.59 Å². The van der Waals surface area contributed by atoms with Gasteiger partial charge >= 0.3 is 6.09 Å². The number of rotatable bonds is 9. The number of fused-ring (bicyclic) bond motifs is 2. The van der Waals surface area contributed by atoms with Crippen molar-refractivity contribution in [2.75, 3.05) is 26.2 Å². The van der Waals surface area contributed by atoms with Gasteiger partial charge in [0.05, 0.1) is 42.2 Å². The van der Waals surface area contributed by atoms with E-state index < -0.39 is 12.1 Å². The van der Waals surface area contributed by atoms with Gasteiger partial charge in [0, 0.05) is 62.5 Å². The van der Waals surface area contributed by atoms with E-state index in [1.54, 1.807) is 23.5 Å². The van der Waals surface area contributed by atoms with E-state index in [0.717, 1.165) is 61.9 Å². The summed E-state index contributed by atoms with van der Waals surface area (Å²) in [4.78, 5) is 52.8. The summed E-state index contributed by atoms with van der Waals surface area (Å²) in [6.07, 6.45) is 17.5. The van der Waals surface area contributed by atoms with Crippen LogP contribution in [0.1, 0.15) is 78.3 Å². The summed E-state index contributed by atoms with van der Waals surface area (Å²) >= 11 is 6.50. The molecule has 50 heavy (non-hydrogen) atoms. The molecule has 1 saturated heterocycles. The monoisotopic (exact) mass is 696 g/mol. The first-order chi connectivity index (χ1) is 24.4. The van der Waals surface area contributed by atoms with E-state index in [2.05, 4.69) is 38.1 Å². The van der Waals surface area contributed by atoms with Crippen molar-refractivity contribution >= 4 is 23.6 Å². The van der Waals surface area contributed by atoms with Gasteiger partial charge in [-0.25, -0.2) is 9.78 Å². The quantitative estimate of drug-likeness (QED) is 0.216. The number of piperazine rings is 1. The molecule has 1 saturated carbocycles. The molecule has 2 aliphatic carbocycles. The lowest BCUT2D eigenvalue weighted by atomic mass is 9.95. The number of aromatic nitrogens is 5. The number of carbonyl (C=O) groups excluding carboxylic acids is 2. The van der Waals surface area contributed by atoms with Crippen LogP contribution in [0.2, 0.25) is 5.02 Å². The first-order valence-corrected chi connectivity index (χ1v) is 18.3. The third kappa shape index (κ3) is 7.84. The Morgan fingerprint density at radius 1 is 1.00 bits per heavy atom. The van der Waals surface area contributed by atoms with E-state index >= 15 is 0 Å². The number of benzene rings is 1. The zero-order valence-electron chi connectivity index (χ0n) is 28.7. The van der Waals surface area contributed by atoms with Gasteiger partial charge < -0.3 is 14.2 Å². The molecule has 0 unspecified atom stereocenters. The summed E-state index contributed by atoms with van der Waals surface area (Å²) in [5, 5.41) is 0.704. The number of halogens is 1. The van der Waals surface area contributed by atoms with Crippen molar-refractivity contribution in [3.8, 4) is 0 Å². The van der Waals surface area contributed by atoms with Gasteiger partial charge in [0.1, 0.15) is 12.1 Å². The molecule has 12 heteroatoms. The first-order valence-electron chi connectivity index (χ1n) is 17.9. The van der Waals surface area contributed by atoms with Gasteiger partial charge in [0.25, 0.3) is 0 Å². The van der Waals surface area contributed by atoms with E-state index in [0.29, 0.717) is 49.9 Å². The standard InChI is InChI=1S/C38H45ClN8O3/c1-27-23-44(26-43-27)17-6-18-46(24-31-22-40-15-16-41-31)37(48)34-25-45(19-20-47(34)38(49)50-32-8-3-2-4-9-32)36-33-13-12-30(39)21-29(33)11-10-28-7-5-14-42-35(28)36/h5,7,12-16,21-23,26,32,34,36H,2-4,6,8-11,17-20,24-25H2,1H3/t34-,36+/m1/s1. The molecule has 0 N–H and O–H groups in total. The fraction of sp³-hybridized carbons (Fsp3) is 0.474. The SMILES string of the molecule is Cc1cn(CCCN(Cc2cnccn2)C(=O)[C@H]2CN([C@H]3c4ccc(Cl)cc4CCc4cccnc43)CCN2C(=O)OC2CCCCC2)cn1. The molecular weight excluding hydrogens is 652 g/mol. The average molecular weight is 697 g/mol. The molecular formula is C38H45ClN8O3. The average Bonchev–Trinajstić information content (AvgIpc) is 3.48. The van der Waals surface area contributed by atoms with E-state index in [4.69, 9.17) is 21.3 Å². The predicted molar refractivity (Wildman–Crippen MR) is 189 cm³/mol.